The summed E-state index contributed by atoms with van der Waals surface area (Å²) in [7, 11) is 0. The normalized spacial score (nSPS) is 10.4. The highest BCUT2D eigenvalue weighted by Crippen LogP contribution is 2.30. The highest BCUT2D eigenvalue weighted by molar-refractivity contribution is 9.10. The summed E-state index contributed by atoms with van der Waals surface area (Å²) < 4.78 is 0.915. The van der Waals surface area contributed by atoms with Crippen LogP contribution in [-0.2, 0) is 0 Å². The number of thiazole rings is 1. The van der Waals surface area contributed by atoms with Gasteiger partial charge in [-0.25, -0.2) is 4.98 Å². The molecule has 0 bridgehead atoms. The molecule has 3 nitrogen and oxygen atoms in total. The second-order valence-corrected chi connectivity index (χ2v) is 6.34. The van der Waals surface area contributed by atoms with Crippen LogP contribution in [0.25, 0.3) is 0 Å². The van der Waals surface area contributed by atoms with E-state index in [2.05, 4.69) is 33.2 Å². The number of thiocarbonyl (C=S) groups is 1. The summed E-state index contributed by atoms with van der Waals surface area (Å²) in [5.41, 5.74) is 8.43. The molecule has 0 aliphatic heterocycles. The summed E-state index contributed by atoms with van der Waals surface area (Å²) >= 11 is 10.1. The Morgan fingerprint density at radius 2 is 2.17 bits per heavy atom. The Labute approximate surface area is 124 Å². The van der Waals surface area contributed by atoms with Gasteiger partial charge >= 0.3 is 0 Å². The van der Waals surface area contributed by atoms with Crippen molar-refractivity contribution in [2.75, 3.05) is 5.32 Å². The molecule has 94 valence electrons. The van der Waals surface area contributed by atoms with Crippen LogP contribution in [0.2, 0.25) is 0 Å². The molecule has 0 saturated carbocycles. The SMILES string of the molecule is Cc1nc(Nc2ccc(C(N)=S)cc2Br)sc1C. The van der Waals surface area contributed by atoms with Crippen LogP contribution < -0.4 is 11.1 Å². The fourth-order valence-electron chi connectivity index (χ4n) is 1.41. The minimum Gasteiger partial charge on any atom is -0.389 e. The van der Waals surface area contributed by atoms with E-state index in [9.17, 15) is 0 Å². The lowest BCUT2D eigenvalue weighted by atomic mass is 10.2. The standard InChI is InChI=1S/C12H12BrN3S2/c1-6-7(2)18-12(15-6)16-10-4-3-8(11(14)17)5-9(10)13/h3-5H,1-2H3,(H2,14,17)(H,15,16). The third kappa shape index (κ3) is 2.88. The van der Waals surface area contributed by atoms with Crippen LogP contribution >= 0.6 is 39.5 Å². The first-order valence-electron chi connectivity index (χ1n) is 5.28. The maximum absolute atomic E-state index is 5.59. The van der Waals surface area contributed by atoms with Gasteiger partial charge in [0.25, 0.3) is 0 Å². The minimum absolute atomic E-state index is 0.392. The first-order valence-corrected chi connectivity index (χ1v) is 7.29. The highest BCUT2D eigenvalue weighted by Gasteiger charge is 2.07. The summed E-state index contributed by atoms with van der Waals surface area (Å²) in [4.78, 5) is 6.05. The Hall–Kier alpha value is -0.980. The van der Waals surface area contributed by atoms with Crippen LogP contribution in [0.3, 0.4) is 0 Å². The first kappa shape index (κ1) is 13.5. The molecule has 0 radical (unpaired) electrons. The zero-order chi connectivity index (χ0) is 13.3. The van der Waals surface area contributed by atoms with Gasteiger partial charge in [0.1, 0.15) is 4.99 Å². The zero-order valence-electron chi connectivity index (χ0n) is 9.95. The number of nitrogens with two attached hydrogens (primary N) is 1. The topological polar surface area (TPSA) is 50.9 Å². The van der Waals surface area contributed by atoms with Crippen molar-refractivity contribution < 1.29 is 0 Å². The average Bonchev–Trinajstić information content (AvgIpc) is 2.61. The summed E-state index contributed by atoms with van der Waals surface area (Å²) in [5, 5.41) is 4.16. The third-order valence-electron chi connectivity index (χ3n) is 2.52. The van der Waals surface area contributed by atoms with Gasteiger partial charge in [-0.2, -0.15) is 0 Å². The number of nitrogens with zero attached hydrogens (tertiary/aromatic N) is 1. The smallest absolute Gasteiger partial charge is 0.187 e. The summed E-state index contributed by atoms with van der Waals surface area (Å²) in [6.45, 7) is 4.06. The Balaban J connectivity index is 2.27. The van der Waals surface area contributed by atoms with Crippen molar-refractivity contribution in [2.45, 2.75) is 13.8 Å². The Kier molecular flexibility index (Phi) is 3.99. The molecule has 0 aliphatic carbocycles. The van der Waals surface area contributed by atoms with Crippen LogP contribution in [-0.4, -0.2) is 9.97 Å². The van der Waals surface area contributed by atoms with Gasteiger partial charge in [-0.15, -0.1) is 11.3 Å². The predicted octanol–water partition coefficient (Wildman–Crippen LogP) is 3.90. The predicted molar refractivity (Wildman–Crippen MR) is 84.9 cm³/mol. The number of rotatable bonds is 3. The Morgan fingerprint density at radius 1 is 1.44 bits per heavy atom. The third-order valence-corrected chi connectivity index (χ3v) is 4.40. The molecule has 2 rings (SSSR count). The zero-order valence-corrected chi connectivity index (χ0v) is 13.2. The maximum Gasteiger partial charge on any atom is 0.187 e. The lowest BCUT2D eigenvalue weighted by molar-refractivity contribution is 1.23. The lowest BCUT2D eigenvalue weighted by Crippen LogP contribution is -2.09. The first-order chi connectivity index (χ1) is 8.47. The molecule has 2 aromatic rings. The van der Waals surface area contributed by atoms with E-state index < -0.39 is 0 Å². The number of anilines is 2. The molecule has 18 heavy (non-hydrogen) atoms. The van der Waals surface area contributed by atoms with Gasteiger partial charge in [0.2, 0.25) is 0 Å². The largest absolute Gasteiger partial charge is 0.389 e. The van der Waals surface area contributed by atoms with Gasteiger partial charge in [-0.3, -0.25) is 0 Å². The molecule has 6 heteroatoms. The molecule has 0 fully saturated rings. The van der Waals surface area contributed by atoms with E-state index in [1.807, 2.05) is 25.1 Å². The van der Waals surface area contributed by atoms with Crippen LogP contribution in [0.1, 0.15) is 16.1 Å². The van der Waals surface area contributed by atoms with E-state index >= 15 is 0 Å². The molecular weight excluding hydrogens is 330 g/mol. The number of nitrogens with one attached hydrogen (secondary N) is 1. The van der Waals surface area contributed by atoms with Crippen molar-refractivity contribution in [1.29, 1.82) is 0 Å². The second kappa shape index (κ2) is 5.34. The molecule has 1 aromatic carbocycles. The van der Waals surface area contributed by atoms with E-state index in [0.29, 0.717) is 4.99 Å². The summed E-state index contributed by atoms with van der Waals surface area (Å²) in [6, 6.07) is 5.73. The molecule has 0 spiro atoms. The van der Waals surface area contributed by atoms with E-state index in [0.717, 1.165) is 26.5 Å². The molecule has 0 atom stereocenters. The summed E-state index contributed by atoms with van der Waals surface area (Å²) in [5.74, 6) is 0. The van der Waals surface area contributed by atoms with Gasteiger partial charge in [0.15, 0.2) is 5.13 Å². The number of aromatic nitrogens is 1. The number of hydrogen-bond donors (Lipinski definition) is 2. The molecule has 0 unspecified atom stereocenters. The monoisotopic (exact) mass is 341 g/mol. The van der Waals surface area contributed by atoms with E-state index in [-0.39, 0.29) is 0 Å². The van der Waals surface area contributed by atoms with Crippen LogP contribution in [0, 0.1) is 13.8 Å². The number of aryl methyl sites for hydroxylation is 2. The lowest BCUT2D eigenvalue weighted by Gasteiger charge is -2.07. The second-order valence-electron chi connectivity index (χ2n) is 3.84. The molecular formula is C12H12BrN3S2. The number of halogens is 1. The molecule has 0 aliphatic rings. The fraction of sp³-hybridized carbons (Fsp3) is 0.167. The van der Waals surface area contributed by atoms with Gasteiger partial charge in [-0.1, -0.05) is 12.2 Å². The van der Waals surface area contributed by atoms with Crippen LogP contribution in [0.15, 0.2) is 22.7 Å². The number of benzene rings is 1. The van der Waals surface area contributed by atoms with E-state index in [4.69, 9.17) is 18.0 Å². The van der Waals surface area contributed by atoms with Crippen molar-refractivity contribution in [3.05, 3.63) is 38.8 Å². The van der Waals surface area contributed by atoms with Crippen molar-refractivity contribution in [3.8, 4) is 0 Å². The molecule has 1 aromatic heterocycles. The van der Waals surface area contributed by atoms with E-state index in [1.165, 1.54) is 4.88 Å². The Bertz CT molecular complexity index is 588. The van der Waals surface area contributed by atoms with Crippen LogP contribution in [0.4, 0.5) is 10.8 Å². The van der Waals surface area contributed by atoms with Gasteiger partial charge in [0, 0.05) is 14.9 Å². The molecule has 1 heterocycles. The fourth-order valence-corrected chi connectivity index (χ4v) is 2.84. The maximum atomic E-state index is 5.59. The molecule has 0 saturated heterocycles. The van der Waals surface area contributed by atoms with Gasteiger partial charge < -0.3 is 11.1 Å². The van der Waals surface area contributed by atoms with E-state index in [1.54, 1.807) is 11.3 Å². The van der Waals surface area contributed by atoms with Crippen molar-refractivity contribution in [1.82, 2.24) is 4.98 Å². The number of hydrogen-bond acceptors (Lipinski definition) is 4. The summed E-state index contributed by atoms with van der Waals surface area (Å²) in [6.07, 6.45) is 0. The van der Waals surface area contributed by atoms with Crippen molar-refractivity contribution in [2.24, 2.45) is 5.73 Å². The highest BCUT2D eigenvalue weighted by atomic mass is 79.9. The van der Waals surface area contributed by atoms with Gasteiger partial charge in [0.05, 0.1) is 11.4 Å². The minimum atomic E-state index is 0.392. The van der Waals surface area contributed by atoms with Crippen LogP contribution in [0.5, 0.6) is 0 Å². The molecule has 3 N–H and O–H groups in total. The van der Waals surface area contributed by atoms with Crippen molar-refractivity contribution >= 4 is 55.3 Å². The Morgan fingerprint density at radius 3 is 2.67 bits per heavy atom. The van der Waals surface area contributed by atoms with Gasteiger partial charge in [-0.05, 0) is 48.0 Å². The average molecular weight is 342 g/mol. The quantitative estimate of drug-likeness (QED) is 0.831. The van der Waals surface area contributed by atoms with Crippen molar-refractivity contribution in [3.63, 3.8) is 0 Å². The molecule has 0 amide bonds.